The van der Waals surface area contributed by atoms with Crippen LogP contribution in [0.2, 0.25) is 0 Å². The zero-order valence-corrected chi connectivity index (χ0v) is 20.7. The third-order valence-corrected chi connectivity index (χ3v) is 8.05. The predicted molar refractivity (Wildman–Crippen MR) is 132 cm³/mol. The van der Waals surface area contributed by atoms with Gasteiger partial charge in [0.2, 0.25) is 15.9 Å². The van der Waals surface area contributed by atoms with Crippen molar-refractivity contribution in [1.82, 2.24) is 9.62 Å². The monoisotopic (exact) mass is 493 g/mol. The molecule has 0 radical (unpaired) electrons. The van der Waals surface area contributed by atoms with Crippen molar-refractivity contribution in [3.05, 3.63) is 59.9 Å². The minimum Gasteiger partial charge on any atom is -0.325 e. The van der Waals surface area contributed by atoms with Crippen molar-refractivity contribution in [2.45, 2.75) is 56.1 Å². The van der Waals surface area contributed by atoms with Crippen LogP contribution in [0.5, 0.6) is 0 Å². The van der Waals surface area contributed by atoms with Crippen LogP contribution in [0.3, 0.4) is 0 Å². The summed E-state index contributed by atoms with van der Waals surface area (Å²) >= 11 is 1.50. The van der Waals surface area contributed by atoms with Gasteiger partial charge in [-0.25, -0.2) is 12.8 Å². The minimum atomic E-state index is -4.19. The summed E-state index contributed by atoms with van der Waals surface area (Å²) in [5.41, 5.74) is 1.76. The lowest BCUT2D eigenvalue weighted by molar-refractivity contribution is -0.117. The number of carbonyl (C=O) groups is 1. The van der Waals surface area contributed by atoms with Gasteiger partial charge in [0.25, 0.3) is 0 Å². The van der Waals surface area contributed by atoms with Crippen molar-refractivity contribution < 1.29 is 17.6 Å². The molecule has 9 heteroatoms. The van der Waals surface area contributed by atoms with Crippen molar-refractivity contribution in [2.75, 3.05) is 23.9 Å². The lowest BCUT2D eigenvalue weighted by Gasteiger charge is -2.33. The van der Waals surface area contributed by atoms with Crippen LogP contribution < -0.4 is 10.0 Å². The van der Waals surface area contributed by atoms with Gasteiger partial charge in [-0.05, 0) is 74.6 Å². The number of hydrogen-bond donors (Lipinski definition) is 2. The van der Waals surface area contributed by atoms with E-state index in [1.54, 1.807) is 0 Å². The number of nitrogens with zero attached hydrogens (tertiary/aromatic N) is 1. The van der Waals surface area contributed by atoms with E-state index in [9.17, 15) is 17.6 Å². The Bertz CT molecular complexity index is 1030. The molecule has 1 aliphatic heterocycles. The van der Waals surface area contributed by atoms with Crippen LogP contribution in [0.1, 0.15) is 38.2 Å². The van der Waals surface area contributed by atoms with Gasteiger partial charge in [-0.3, -0.25) is 9.69 Å². The zero-order valence-electron chi connectivity index (χ0n) is 19.1. The quantitative estimate of drug-likeness (QED) is 0.518. The van der Waals surface area contributed by atoms with Gasteiger partial charge >= 0.3 is 0 Å². The van der Waals surface area contributed by atoms with Gasteiger partial charge < -0.3 is 5.32 Å². The number of benzene rings is 2. The number of thioether (sulfide) groups is 1. The average Bonchev–Trinajstić information content (AvgIpc) is 2.79. The molecule has 0 aliphatic carbocycles. The Balaban J connectivity index is 1.66. The first kappa shape index (κ1) is 25.7. The highest BCUT2D eigenvalue weighted by Gasteiger charge is 2.27. The summed E-state index contributed by atoms with van der Waals surface area (Å²) in [5.74, 6) is -0.751. The Labute approximate surface area is 200 Å². The van der Waals surface area contributed by atoms with E-state index in [-0.39, 0.29) is 6.42 Å². The first-order chi connectivity index (χ1) is 15.8. The van der Waals surface area contributed by atoms with Crippen LogP contribution in [0.25, 0.3) is 0 Å². The number of nitrogens with one attached hydrogen (secondary N) is 2. The maximum absolute atomic E-state index is 14.0. The molecule has 1 fully saturated rings. The number of carbonyl (C=O) groups excluding carboxylic acids is 1. The fourth-order valence-electron chi connectivity index (χ4n) is 3.94. The van der Waals surface area contributed by atoms with E-state index >= 15 is 0 Å². The molecule has 180 valence electrons. The number of halogens is 1. The van der Waals surface area contributed by atoms with Crippen LogP contribution in [-0.4, -0.2) is 49.9 Å². The Morgan fingerprint density at radius 1 is 1.18 bits per heavy atom. The SMILES string of the molecule is CSCCC(NS(=O)(=O)c1ccccc1F)C(=O)Nc1ccc(CN2CCCCC2C)cc1. The maximum Gasteiger partial charge on any atom is 0.244 e. The number of sulfonamides is 1. The lowest BCUT2D eigenvalue weighted by atomic mass is 10.0. The van der Waals surface area contributed by atoms with Crippen molar-refractivity contribution >= 4 is 33.4 Å². The summed E-state index contributed by atoms with van der Waals surface area (Å²) in [6.07, 6.45) is 5.88. The van der Waals surface area contributed by atoms with E-state index < -0.39 is 32.7 Å². The topological polar surface area (TPSA) is 78.5 Å². The normalized spacial score (nSPS) is 18.1. The van der Waals surface area contributed by atoms with Gasteiger partial charge in [0, 0.05) is 18.3 Å². The first-order valence-corrected chi connectivity index (χ1v) is 14.1. The fourth-order valence-corrected chi connectivity index (χ4v) is 5.72. The molecule has 2 atom stereocenters. The third kappa shape index (κ3) is 7.27. The summed E-state index contributed by atoms with van der Waals surface area (Å²) in [5, 5.41) is 2.80. The second-order valence-electron chi connectivity index (χ2n) is 8.39. The van der Waals surface area contributed by atoms with Gasteiger partial charge in [0.1, 0.15) is 16.8 Å². The van der Waals surface area contributed by atoms with Crippen molar-refractivity contribution in [3.63, 3.8) is 0 Å². The van der Waals surface area contributed by atoms with Gasteiger partial charge in [-0.1, -0.05) is 30.7 Å². The standard InChI is InChI=1S/C24H32FN3O3S2/c1-18-7-5-6-15-28(18)17-19-10-12-20(13-11-19)26-24(29)22(14-16-32-2)27-33(30,31)23-9-4-3-8-21(23)25/h3-4,8-13,18,22,27H,5-7,14-17H2,1-2H3,(H,26,29). The molecular weight excluding hydrogens is 461 g/mol. The fraction of sp³-hybridized carbons (Fsp3) is 0.458. The van der Waals surface area contributed by atoms with E-state index in [1.807, 2.05) is 30.5 Å². The van der Waals surface area contributed by atoms with E-state index in [4.69, 9.17) is 0 Å². The van der Waals surface area contributed by atoms with E-state index in [0.29, 0.717) is 17.5 Å². The summed E-state index contributed by atoms with van der Waals surface area (Å²) < 4.78 is 41.8. The summed E-state index contributed by atoms with van der Waals surface area (Å²) in [7, 11) is -4.19. The number of anilines is 1. The van der Waals surface area contributed by atoms with Crippen LogP contribution in [-0.2, 0) is 21.4 Å². The number of hydrogen-bond acceptors (Lipinski definition) is 5. The Hall–Kier alpha value is -1.94. The van der Waals surface area contributed by atoms with E-state index in [0.717, 1.165) is 19.2 Å². The van der Waals surface area contributed by atoms with Gasteiger partial charge in [-0.15, -0.1) is 0 Å². The zero-order chi connectivity index (χ0) is 23.8. The second-order valence-corrected chi connectivity index (χ2v) is 11.1. The lowest BCUT2D eigenvalue weighted by Crippen LogP contribution is -2.44. The van der Waals surface area contributed by atoms with Crippen LogP contribution in [0.4, 0.5) is 10.1 Å². The molecule has 0 spiro atoms. The molecule has 2 unspecified atom stereocenters. The molecule has 2 N–H and O–H groups in total. The Morgan fingerprint density at radius 3 is 2.58 bits per heavy atom. The van der Waals surface area contributed by atoms with Gasteiger partial charge in [0.05, 0.1) is 0 Å². The van der Waals surface area contributed by atoms with Crippen LogP contribution in [0.15, 0.2) is 53.4 Å². The maximum atomic E-state index is 14.0. The molecule has 3 rings (SSSR count). The van der Waals surface area contributed by atoms with Crippen LogP contribution in [0, 0.1) is 5.82 Å². The highest BCUT2D eigenvalue weighted by Crippen LogP contribution is 2.20. The molecule has 6 nitrogen and oxygen atoms in total. The van der Waals surface area contributed by atoms with E-state index in [2.05, 4.69) is 21.9 Å². The van der Waals surface area contributed by atoms with Crippen molar-refractivity contribution in [1.29, 1.82) is 0 Å². The molecule has 0 saturated carbocycles. The molecule has 1 heterocycles. The highest BCUT2D eigenvalue weighted by atomic mass is 32.2. The molecule has 2 aromatic carbocycles. The van der Waals surface area contributed by atoms with Crippen LogP contribution >= 0.6 is 11.8 Å². The predicted octanol–water partition coefficient (Wildman–Crippen LogP) is 4.24. The Kier molecular flexibility index (Phi) is 9.31. The summed E-state index contributed by atoms with van der Waals surface area (Å²) in [6.45, 7) is 4.22. The average molecular weight is 494 g/mol. The molecule has 33 heavy (non-hydrogen) atoms. The van der Waals surface area contributed by atoms with E-state index in [1.165, 1.54) is 54.8 Å². The smallest absolute Gasteiger partial charge is 0.244 e. The molecule has 1 amide bonds. The molecular formula is C24H32FN3O3S2. The summed E-state index contributed by atoms with van der Waals surface area (Å²) in [6, 6.07) is 12.3. The van der Waals surface area contributed by atoms with Crippen molar-refractivity contribution in [3.8, 4) is 0 Å². The molecule has 1 aliphatic rings. The molecule has 2 aromatic rings. The van der Waals surface area contributed by atoms with Gasteiger partial charge in [0.15, 0.2) is 0 Å². The number of rotatable bonds is 10. The highest BCUT2D eigenvalue weighted by molar-refractivity contribution is 7.98. The largest absolute Gasteiger partial charge is 0.325 e. The minimum absolute atomic E-state index is 0.283. The number of piperidine rings is 1. The molecule has 0 bridgehead atoms. The third-order valence-electron chi connectivity index (χ3n) is 5.90. The summed E-state index contributed by atoms with van der Waals surface area (Å²) in [4.78, 5) is 14.9. The number of likely N-dealkylation sites (tertiary alicyclic amines) is 1. The Morgan fingerprint density at radius 2 is 1.91 bits per heavy atom. The number of amides is 1. The molecule has 1 saturated heterocycles. The second kappa shape index (κ2) is 12.0. The first-order valence-electron chi connectivity index (χ1n) is 11.2. The van der Waals surface area contributed by atoms with Gasteiger partial charge in [-0.2, -0.15) is 16.5 Å². The molecule has 0 aromatic heterocycles. The van der Waals surface area contributed by atoms with Crippen molar-refractivity contribution in [2.24, 2.45) is 0 Å².